The van der Waals surface area contributed by atoms with E-state index in [4.69, 9.17) is 4.74 Å². The first kappa shape index (κ1) is 16.2. The molecule has 0 bridgehead atoms. The molecule has 2 aromatic rings. The Bertz CT molecular complexity index is 821. The van der Waals surface area contributed by atoms with E-state index in [1.54, 1.807) is 11.1 Å². The summed E-state index contributed by atoms with van der Waals surface area (Å²) in [6.07, 6.45) is 5.03. The van der Waals surface area contributed by atoms with Crippen molar-refractivity contribution in [1.29, 1.82) is 0 Å². The Hall–Kier alpha value is -2.28. The molecular formula is C18H19F2N3O2. The SMILES string of the molecule is Cn1ccnc1[C@@H]1OCC[C@H]1C(=O)N1CCCc2cc(F)c(F)cc21. The predicted octanol–water partition coefficient (Wildman–Crippen LogP) is 2.76. The summed E-state index contributed by atoms with van der Waals surface area (Å²) in [6.45, 7) is 0.979. The van der Waals surface area contributed by atoms with Gasteiger partial charge in [-0.25, -0.2) is 13.8 Å². The fourth-order valence-corrected chi connectivity index (χ4v) is 3.75. The number of rotatable bonds is 2. The Morgan fingerprint density at radius 3 is 2.88 bits per heavy atom. The second-order valence-electron chi connectivity index (χ2n) is 6.57. The molecule has 0 aliphatic carbocycles. The number of aromatic nitrogens is 2. The highest BCUT2D eigenvalue weighted by atomic mass is 19.2. The van der Waals surface area contributed by atoms with Crippen LogP contribution in [-0.2, 0) is 23.0 Å². The van der Waals surface area contributed by atoms with Crippen molar-refractivity contribution in [2.45, 2.75) is 25.4 Å². The van der Waals surface area contributed by atoms with E-state index in [1.165, 1.54) is 6.07 Å². The van der Waals surface area contributed by atoms with Crippen LogP contribution in [0, 0.1) is 17.6 Å². The van der Waals surface area contributed by atoms with Crippen LogP contribution in [0.3, 0.4) is 0 Å². The van der Waals surface area contributed by atoms with Crippen molar-refractivity contribution in [2.75, 3.05) is 18.1 Å². The molecule has 1 aromatic heterocycles. The molecule has 5 nitrogen and oxygen atoms in total. The lowest BCUT2D eigenvalue weighted by Crippen LogP contribution is -2.41. The number of carbonyl (C=O) groups is 1. The van der Waals surface area contributed by atoms with Crippen molar-refractivity contribution >= 4 is 11.6 Å². The van der Waals surface area contributed by atoms with Crippen molar-refractivity contribution in [3.8, 4) is 0 Å². The van der Waals surface area contributed by atoms with Gasteiger partial charge >= 0.3 is 0 Å². The summed E-state index contributed by atoms with van der Waals surface area (Å²) < 4.78 is 34.9. The zero-order chi connectivity index (χ0) is 17.6. The number of anilines is 1. The number of aryl methyl sites for hydroxylation is 2. The number of hydrogen-bond acceptors (Lipinski definition) is 3. The van der Waals surface area contributed by atoms with E-state index in [9.17, 15) is 13.6 Å². The summed E-state index contributed by atoms with van der Waals surface area (Å²) in [5.41, 5.74) is 1.14. The van der Waals surface area contributed by atoms with Gasteiger partial charge in [0.15, 0.2) is 11.6 Å². The number of halogens is 2. The first-order valence-corrected chi connectivity index (χ1v) is 8.44. The Morgan fingerprint density at radius 2 is 2.12 bits per heavy atom. The molecule has 4 rings (SSSR count). The molecular weight excluding hydrogens is 328 g/mol. The molecule has 0 N–H and O–H groups in total. The lowest BCUT2D eigenvalue weighted by atomic mass is 9.95. The van der Waals surface area contributed by atoms with Crippen LogP contribution in [0.4, 0.5) is 14.5 Å². The lowest BCUT2D eigenvalue weighted by molar-refractivity contribution is -0.124. The van der Waals surface area contributed by atoms with Crippen LogP contribution in [0.15, 0.2) is 24.5 Å². The molecule has 7 heteroatoms. The summed E-state index contributed by atoms with van der Waals surface area (Å²) in [7, 11) is 1.86. The number of fused-ring (bicyclic) bond motifs is 1. The van der Waals surface area contributed by atoms with Crippen molar-refractivity contribution < 1.29 is 18.3 Å². The summed E-state index contributed by atoms with van der Waals surface area (Å²) in [4.78, 5) is 19.1. The average molecular weight is 347 g/mol. The third-order valence-electron chi connectivity index (χ3n) is 5.03. The zero-order valence-electron chi connectivity index (χ0n) is 13.9. The minimum atomic E-state index is -0.929. The van der Waals surface area contributed by atoms with Crippen molar-refractivity contribution in [3.63, 3.8) is 0 Å². The second kappa shape index (κ2) is 6.22. The van der Waals surface area contributed by atoms with Gasteiger partial charge < -0.3 is 14.2 Å². The van der Waals surface area contributed by atoms with Gasteiger partial charge in [0.25, 0.3) is 0 Å². The Balaban J connectivity index is 1.66. The average Bonchev–Trinajstić information content (AvgIpc) is 3.23. The number of carbonyl (C=O) groups excluding carboxylic acids is 1. The highest BCUT2D eigenvalue weighted by Gasteiger charge is 2.40. The van der Waals surface area contributed by atoms with E-state index < -0.39 is 17.7 Å². The predicted molar refractivity (Wildman–Crippen MR) is 87.0 cm³/mol. The summed E-state index contributed by atoms with van der Waals surface area (Å²) in [5.74, 6) is -1.58. The zero-order valence-corrected chi connectivity index (χ0v) is 13.9. The highest BCUT2D eigenvalue weighted by Crippen LogP contribution is 2.38. The molecule has 2 atom stereocenters. The quantitative estimate of drug-likeness (QED) is 0.839. The van der Waals surface area contributed by atoms with Crippen LogP contribution in [0.1, 0.15) is 30.3 Å². The summed E-state index contributed by atoms with van der Waals surface area (Å²) in [5, 5.41) is 0. The van der Waals surface area contributed by atoms with Gasteiger partial charge in [0.05, 0.1) is 5.92 Å². The maximum atomic E-state index is 13.7. The van der Waals surface area contributed by atoms with E-state index in [-0.39, 0.29) is 11.8 Å². The van der Waals surface area contributed by atoms with Crippen molar-refractivity contribution in [3.05, 3.63) is 47.5 Å². The molecule has 2 aliphatic rings. The van der Waals surface area contributed by atoms with Gasteiger partial charge in [-0.15, -0.1) is 0 Å². The minimum Gasteiger partial charge on any atom is -0.369 e. The number of hydrogen-bond donors (Lipinski definition) is 0. The molecule has 0 saturated carbocycles. The summed E-state index contributed by atoms with van der Waals surface area (Å²) >= 11 is 0. The molecule has 1 aromatic carbocycles. The van der Waals surface area contributed by atoms with Crippen LogP contribution >= 0.6 is 0 Å². The van der Waals surface area contributed by atoms with E-state index in [0.717, 1.165) is 12.5 Å². The number of ether oxygens (including phenoxy) is 1. The second-order valence-corrected chi connectivity index (χ2v) is 6.57. The number of imidazole rings is 1. The summed E-state index contributed by atoms with van der Waals surface area (Å²) in [6, 6.07) is 2.33. The smallest absolute Gasteiger partial charge is 0.233 e. The standard InChI is InChI=1S/C18H19F2N3O2/c1-22-7-5-21-17(22)16-12(4-8-25-16)18(24)23-6-2-3-11-9-13(19)14(20)10-15(11)23/h5,7,9-10,12,16H,2-4,6,8H2,1H3/t12-,16-/m1/s1. The molecule has 0 radical (unpaired) electrons. The third kappa shape index (κ3) is 2.72. The van der Waals surface area contributed by atoms with Crippen LogP contribution in [0.5, 0.6) is 0 Å². The van der Waals surface area contributed by atoms with Crippen molar-refractivity contribution in [1.82, 2.24) is 9.55 Å². The largest absolute Gasteiger partial charge is 0.369 e. The van der Waals surface area contributed by atoms with Crippen molar-refractivity contribution in [2.24, 2.45) is 13.0 Å². The lowest BCUT2D eigenvalue weighted by Gasteiger charge is -2.32. The number of nitrogens with zero attached hydrogens (tertiary/aromatic N) is 3. The van der Waals surface area contributed by atoms with Crippen LogP contribution < -0.4 is 4.90 Å². The monoisotopic (exact) mass is 347 g/mol. The van der Waals surface area contributed by atoms with Gasteiger partial charge in [0.1, 0.15) is 11.9 Å². The first-order valence-electron chi connectivity index (χ1n) is 8.44. The van der Waals surface area contributed by atoms with Gasteiger partial charge in [-0.05, 0) is 30.9 Å². The van der Waals surface area contributed by atoms with Gasteiger partial charge in [0, 0.05) is 44.3 Å². The van der Waals surface area contributed by atoms with Gasteiger partial charge in [-0.2, -0.15) is 0 Å². The molecule has 0 unspecified atom stereocenters. The Labute approximate surface area is 144 Å². The van der Waals surface area contributed by atoms with Gasteiger partial charge in [0.2, 0.25) is 5.91 Å². The van der Waals surface area contributed by atoms with Gasteiger partial charge in [-0.1, -0.05) is 0 Å². The van der Waals surface area contributed by atoms with Gasteiger partial charge in [-0.3, -0.25) is 4.79 Å². The molecule has 3 heterocycles. The fraction of sp³-hybridized carbons (Fsp3) is 0.444. The first-order chi connectivity index (χ1) is 12.1. The van der Waals surface area contributed by atoms with E-state index in [2.05, 4.69) is 4.98 Å². The normalized spacial score (nSPS) is 22.9. The van der Waals surface area contributed by atoms with E-state index >= 15 is 0 Å². The maximum Gasteiger partial charge on any atom is 0.233 e. The van der Waals surface area contributed by atoms with Crippen LogP contribution in [-0.4, -0.2) is 28.6 Å². The molecule has 1 saturated heterocycles. The molecule has 1 amide bonds. The molecule has 132 valence electrons. The minimum absolute atomic E-state index is 0.113. The molecule has 1 fully saturated rings. The van der Waals surface area contributed by atoms with E-state index in [1.807, 2.05) is 17.8 Å². The molecule has 25 heavy (non-hydrogen) atoms. The molecule has 2 aliphatic heterocycles. The topological polar surface area (TPSA) is 47.4 Å². The Kier molecular flexibility index (Phi) is 4.03. The number of amides is 1. The molecule has 0 spiro atoms. The Morgan fingerprint density at radius 1 is 1.32 bits per heavy atom. The maximum absolute atomic E-state index is 13.7. The van der Waals surface area contributed by atoms with Crippen LogP contribution in [0.2, 0.25) is 0 Å². The van der Waals surface area contributed by atoms with E-state index in [0.29, 0.717) is 43.1 Å². The highest BCUT2D eigenvalue weighted by molar-refractivity contribution is 5.96. The fourth-order valence-electron chi connectivity index (χ4n) is 3.75. The number of benzene rings is 1. The van der Waals surface area contributed by atoms with Crippen LogP contribution in [0.25, 0.3) is 0 Å². The third-order valence-corrected chi connectivity index (χ3v) is 5.03.